The highest BCUT2D eigenvalue weighted by molar-refractivity contribution is 7.12. The Morgan fingerprint density at radius 3 is 2.84 bits per heavy atom. The van der Waals surface area contributed by atoms with Crippen LogP contribution >= 0.6 is 11.5 Å². The highest BCUT2D eigenvalue weighted by Gasteiger charge is 2.27. The van der Waals surface area contributed by atoms with Gasteiger partial charge in [-0.3, -0.25) is 9.78 Å². The molecule has 1 saturated heterocycles. The molecule has 7 nitrogen and oxygen atoms in total. The minimum Gasteiger partial charge on any atom is -0.367 e. The van der Waals surface area contributed by atoms with E-state index in [9.17, 15) is 13.6 Å². The van der Waals surface area contributed by atoms with E-state index in [1.165, 1.54) is 17.7 Å². The van der Waals surface area contributed by atoms with Crippen molar-refractivity contribution in [3.63, 3.8) is 0 Å². The molecule has 31 heavy (non-hydrogen) atoms. The molecule has 158 valence electrons. The number of carbonyl (C=O) groups is 1. The summed E-state index contributed by atoms with van der Waals surface area (Å²) >= 11 is 1.30. The third kappa shape index (κ3) is 3.90. The Bertz CT molecular complexity index is 1280. The summed E-state index contributed by atoms with van der Waals surface area (Å²) in [7, 11) is 0. The molecule has 0 radical (unpaired) electrons. The van der Waals surface area contributed by atoms with Gasteiger partial charge in [-0.2, -0.15) is 0 Å². The molecule has 0 unspecified atom stereocenters. The second-order valence-corrected chi connectivity index (χ2v) is 8.28. The van der Waals surface area contributed by atoms with E-state index < -0.39 is 11.6 Å². The van der Waals surface area contributed by atoms with Crippen LogP contribution in [0.2, 0.25) is 0 Å². The van der Waals surface area contributed by atoms with Crippen LogP contribution in [0.15, 0.2) is 36.5 Å². The first kappa shape index (κ1) is 19.7. The lowest BCUT2D eigenvalue weighted by atomic mass is 10.0. The second-order valence-electron chi connectivity index (χ2n) is 7.49. The summed E-state index contributed by atoms with van der Waals surface area (Å²) < 4.78 is 31.8. The number of hydrogen-bond acceptors (Lipinski definition) is 7. The Kier molecular flexibility index (Phi) is 5.14. The number of amides is 1. The number of likely N-dealkylation sites (tertiary alicyclic amines) is 1. The van der Waals surface area contributed by atoms with Crippen molar-refractivity contribution in [2.45, 2.75) is 25.3 Å². The first-order chi connectivity index (χ1) is 15.1. The van der Waals surface area contributed by atoms with E-state index in [-0.39, 0.29) is 23.0 Å². The smallest absolute Gasteiger partial charge is 0.254 e. The molecule has 0 saturated carbocycles. The van der Waals surface area contributed by atoms with Crippen molar-refractivity contribution in [2.75, 3.05) is 18.4 Å². The Hall–Kier alpha value is -3.27. The largest absolute Gasteiger partial charge is 0.367 e. The van der Waals surface area contributed by atoms with Crippen LogP contribution in [0.25, 0.3) is 21.3 Å². The molecule has 10 heteroatoms. The number of nitrogens with one attached hydrogen (secondary N) is 1. The van der Waals surface area contributed by atoms with Gasteiger partial charge in [-0.05, 0) is 49.0 Å². The Morgan fingerprint density at radius 2 is 1.97 bits per heavy atom. The van der Waals surface area contributed by atoms with E-state index in [1.807, 2.05) is 17.0 Å². The van der Waals surface area contributed by atoms with Crippen molar-refractivity contribution in [2.24, 2.45) is 0 Å². The molecular formula is C21H18F2N6OS. The molecule has 1 aliphatic heterocycles. The lowest BCUT2D eigenvalue weighted by Crippen LogP contribution is -2.47. The van der Waals surface area contributed by atoms with Gasteiger partial charge in [0.2, 0.25) is 0 Å². The first-order valence-corrected chi connectivity index (χ1v) is 10.7. The van der Waals surface area contributed by atoms with Crippen LogP contribution in [0.4, 0.5) is 14.6 Å². The van der Waals surface area contributed by atoms with E-state index in [4.69, 9.17) is 0 Å². The summed E-state index contributed by atoms with van der Waals surface area (Å²) in [5, 5.41) is 7.26. The van der Waals surface area contributed by atoms with Crippen molar-refractivity contribution in [1.29, 1.82) is 0 Å². The zero-order valence-corrected chi connectivity index (χ0v) is 17.2. The van der Waals surface area contributed by atoms with Gasteiger partial charge in [0, 0.05) is 36.8 Å². The monoisotopic (exact) mass is 440 g/mol. The molecule has 0 spiro atoms. The number of anilines is 1. The van der Waals surface area contributed by atoms with E-state index in [1.54, 1.807) is 6.07 Å². The molecule has 2 aromatic carbocycles. The topological polar surface area (TPSA) is 83.9 Å². The summed E-state index contributed by atoms with van der Waals surface area (Å²) in [6.45, 7) is 1.16. The van der Waals surface area contributed by atoms with Crippen molar-refractivity contribution in [3.8, 4) is 0 Å². The average Bonchev–Trinajstić information content (AvgIpc) is 3.26. The quantitative estimate of drug-likeness (QED) is 0.516. The zero-order chi connectivity index (χ0) is 21.4. The molecule has 1 amide bonds. The van der Waals surface area contributed by atoms with Crippen LogP contribution in [0.1, 0.15) is 29.6 Å². The summed E-state index contributed by atoms with van der Waals surface area (Å²) in [5.74, 6) is -1.50. The van der Waals surface area contributed by atoms with Crippen LogP contribution in [0.3, 0.4) is 0 Å². The standard InChI is InChI=1S/C21H18F2N6OS/c22-14-8-16-17(9-15(14)23)26-20(11-24-16)25-10-13-3-1-2-6-29(13)21(30)12-4-5-19-18(7-12)27-28-31-19/h4-5,7-9,11,13H,1-3,6,10H2,(H,25,26)/t13-/m0/s1. The number of fused-ring (bicyclic) bond motifs is 2. The normalized spacial score (nSPS) is 16.7. The van der Waals surface area contributed by atoms with Gasteiger partial charge in [0.15, 0.2) is 11.6 Å². The van der Waals surface area contributed by atoms with Crippen LogP contribution in [0, 0.1) is 11.6 Å². The summed E-state index contributed by atoms with van der Waals surface area (Å²) in [5.41, 5.74) is 1.87. The maximum absolute atomic E-state index is 13.5. The number of nitrogens with zero attached hydrogens (tertiary/aromatic N) is 5. The Morgan fingerprint density at radius 1 is 1.13 bits per heavy atom. The fourth-order valence-corrected chi connectivity index (χ4v) is 4.41. The molecule has 2 aromatic heterocycles. The van der Waals surface area contributed by atoms with Crippen molar-refractivity contribution in [3.05, 3.63) is 53.7 Å². The molecular weight excluding hydrogens is 422 g/mol. The van der Waals surface area contributed by atoms with E-state index in [0.29, 0.717) is 24.5 Å². The van der Waals surface area contributed by atoms with Gasteiger partial charge in [-0.1, -0.05) is 4.49 Å². The minimum atomic E-state index is -0.963. The van der Waals surface area contributed by atoms with Crippen molar-refractivity contribution in [1.82, 2.24) is 24.5 Å². The van der Waals surface area contributed by atoms with Gasteiger partial charge in [0.1, 0.15) is 11.3 Å². The fourth-order valence-electron chi connectivity index (χ4n) is 3.88. The van der Waals surface area contributed by atoms with Gasteiger partial charge < -0.3 is 10.2 Å². The average molecular weight is 440 g/mol. The minimum absolute atomic E-state index is 0.0204. The maximum Gasteiger partial charge on any atom is 0.254 e. The van der Waals surface area contributed by atoms with Gasteiger partial charge in [0.05, 0.1) is 21.9 Å². The lowest BCUT2D eigenvalue weighted by molar-refractivity contribution is 0.0628. The predicted octanol–water partition coefficient (Wildman–Crippen LogP) is 4.02. The van der Waals surface area contributed by atoms with Gasteiger partial charge in [-0.15, -0.1) is 5.10 Å². The van der Waals surface area contributed by atoms with Crippen LogP contribution in [0.5, 0.6) is 0 Å². The van der Waals surface area contributed by atoms with E-state index in [0.717, 1.165) is 41.6 Å². The fraction of sp³-hybridized carbons (Fsp3) is 0.286. The summed E-state index contributed by atoms with van der Waals surface area (Å²) in [6, 6.07) is 7.50. The number of rotatable bonds is 4. The molecule has 3 heterocycles. The lowest BCUT2D eigenvalue weighted by Gasteiger charge is -2.36. The molecule has 1 aliphatic rings. The number of hydrogen-bond donors (Lipinski definition) is 1. The second kappa shape index (κ2) is 8.10. The Labute approximate surface area is 180 Å². The first-order valence-electron chi connectivity index (χ1n) is 9.97. The maximum atomic E-state index is 13.5. The number of halogens is 2. The molecule has 1 N–H and O–H groups in total. The van der Waals surface area contributed by atoms with Crippen molar-refractivity contribution < 1.29 is 13.6 Å². The third-order valence-corrected chi connectivity index (χ3v) is 6.19. The number of carbonyl (C=O) groups excluding carboxylic acids is 1. The Balaban J connectivity index is 1.33. The number of aromatic nitrogens is 4. The molecule has 1 fully saturated rings. The molecule has 5 rings (SSSR count). The van der Waals surface area contributed by atoms with Gasteiger partial charge in [-0.25, -0.2) is 13.8 Å². The zero-order valence-electron chi connectivity index (χ0n) is 16.4. The highest BCUT2D eigenvalue weighted by atomic mass is 32.1. The van der Waals surface area contributed by atoms with Gasteiger partial charge >= 0.3 is 0 Å². The highest BCUT2D eigenvalue weighted by Crippen LogP contribution is 2.23. The molecule has 4 aromatic rings. The van der Waals surface area contributed by atoms with Crippen LogP contribution in [-0.4, -0.2) is 49.5 Å². The SMILES string of the molecule is O=C(c1ccc2snnc2c1)N1CCCC[C@H]1CNc1cnc2cc(F)c(F)cc2n1. The summed E-state index contributed by atoms with van der Waals surface area (Å²) in [6.07, 6.45) is 4.32. The number of benzene rings is 2. The van der Waals surface area contributed by atoms with Crippen LogP contribution < -0.4 is 5.32 Å². The summed E-state index contributed by atoms with van der Waals surface area (Å²) in [4.78, 5) is 23.5. The molecule has 0 bridgehead atoms. The number of piperidine rings is 1. The van der Waals surface area contributed by atoms with E-state index >= 15 is 0 Å². The van der Waals surface area contributed by atoms with Crippen molar-refractivity contribution >= 4 is 44.5 Å². The third-order valence-electron chi connectivity index (χ3n) is 5.48. The molecule has 0 aliphatic carbocycles. The van der Waals surface area contributed by atoms with E-state index in [2.05, 4.69) is 24.9 Å². The molecule has 1 atom stereocenters. The predicted molar refractivity (Wildman–Crippen MR) is 114 cm³/mol. The van der Waals surface area contributed by atoms with Gasteiger partial charge in [0.25, 0.3) is 5.91 Å². The van der Waals surface area contributed by atoms with Crippen LogP contribution in [-0.2, 0) is 0 Å².